The average molecular weight is 439 g/mol. The molecule has 3 atom stereocenters. The fourth-order valence-corrected chi connectivity index (χ4v) is 5.51. The molecule has 1 aromatic heterocycles. The number of Topliss-reactive ketones (excluding diaryl/α,β-unsaturated/α-hetero) is 1. The Kier molecular flexibility index (Phi) is 7.58. The van der Waals surface area contributed by atoms with Gasteiger partial charge in [-0.15, -0.1) is 11.3 Å². The van der Waals surface area contributed by atoms with Crippen LogP contribution in [0.4, 0.5) is 8.78 Å². The van der Waals surface area contributed by atoms with Gasteiger partial charge in [-0.3, -0.25) is 9.59 Å². The van der Waals surface area contributed by atoms with Crippen molar-refractivity contribution < 1.29 is 28.6 Å². The van der Waals surface area contributed by atoms with Crippen molar-refractivity contribution in [3.05, 3.63) is 35.2 Å². The van der Waals surface area contributed by atoms with Crippen molar-refractivity contribution in [1.82, 2.24) is 0 Å². The maximum Gasteiger partial charge on any atom is 0.303 e. The molecule has 0 radical (unpaired) electrons. The molecule has 2 aromatic rings. The molecule has 1 fully saturated rings. The molecule has 164 valence electrons. The van der Waals surface area contributed by atoms with Crippen molar-refractivity contribution in [2.75, 3.05) is 0 Å². The monoisotopic (exact) mass is 438 g/mol. The molecular formula is C23H28F2O4S. The number of halogens is 2. The van der Waals surface area contributed by atoms with Gasteiger partial charge in [-0.2, -0.15) is 0 Å². The van der Waals surface area contributed by atoms with Crippen molar-refractivity contribution in [3.8, 4) is 0 Å². The molecule has 0 unspecified atom stereocenters. The Balaban J connectivity index is 1.54. The summed E-state index contributed by atoms with van der Waals surface area (Å²) in [4.78, 5) is 23.5. The standard InChI is InChI=1S/C23H28F2O4S/c24-23(25)14-19(27)16(8-3-1-2-4-10-22(28)29)17(23)11-12-18(26)21-13-15-7-5-6-9-20(15)30-21/h5-7,9,13,16-18,26H,1-4,8,10-12,14H2,(H,28,29)/t16-,17-,18-/m1/s1. The number of carboxylic acids is 1. The number of benzene rings is 1. The van der Waals surface area contributed by atoms with E-state index < -0.39 is 36.3 Å². The molecule has 0 spiro atoms. The third-order valence-corrected chi connectivity index (χ3v) is 7.25. The Morgan fingerprint density at radius 3 is 2.63 bits per heavy atom. The number of carbonyl (C=O) groups excluding carboxylic acids is 1. The second-order valence-electron chi connectivity index (χ2n) is 8.24. The minimum atomic E-state index is -3.02. The van der Waals surface area contributed by atoms with Gasteiger partial charge in [-0.25, -0.2) is 8.78 Å². The number of hydrogen-bond acceptors (Lipinski definition) is 4. The second kappa shape index (κ2) is 9.96. The lowest BCUT2D eigenvalue weighted by atomic mass is 9.85. The molecule has 2 N–H and O–H groups in total. The number of hydrogen-bond donors (Lipinski definition) is 2. The molecule has 1 saturated carbocycles. The van der Waals surface area contributed by atoms with E-state index >= 15 is 0 Å². The minimum absolute atomic E-state index is 0.109. The van der Waals surface area contributed by atoms with E-state index in [2.05, 4.69) is 0 Å². The first kappa shape index (κ1) is 22.8. The summed E-state index contributed by atoms with van der Waals surface area (Å²) in [5, 5.41) is 20.2. The maximum atomic E-state index is 14.5. The number of rotatable bonds is 11. The highest BCUT2D eigenvalue weighted by molar-refractivity contribution is 7.19. The fourth-order valence-electron chi connectivity index (χ4n) is 4.43. The molecule has 3 rings (SSSR count). The first-order valence-corrected chi connectivity index (χ1v) is 11.4. The van der Waals surface area contributed by atoms with Gasteiger partial charge in [-0.05, 0) is 43.2 Å². The van der Waals surface area contributed by atoms with Crippen LogP contribution in [-0.4, -0.2) is 27.9 Å². The van der Waals surface area contributed by atoms with E-state index in [9.17, 15) is 23.5 Å². The fraction of sp³-hybridized carbons (Fsp3) is 0.565. The summed E-state index contributed by atoms with van der Waals surface area (Å²) in [6.45, 7) is 0. The molecule has 0 aliphatic heterocycles. The van der Waals surface area contributed by atoms with Crippen LogP contribution < -0.4 is 0 Å². The Morgan fingerprint density at radius 1 is 1.17 bits per heavy atom. The summed E-state index contributed by atoms with van der Waals surface area (Å²) in [6, 6.07) is 9.66. The van der Waals surface area contributed by atoms with Crippen molar-refractivity contribution in [1.29, 1.82) is 0 Å². The topological polar surface area (TPSA) is 74.6 Å². The number of aliphatic hydroxyl groups excluding tert-OH is 1. The lowest BCUT2D eigenvalue weighted by Crippen LogP contribution is -2.26. The summed E-state index contributed by atoms with van der Waals surface area (Å²) < 4.78 is 30.0. The van der Waals surface area contributed by atoms with Gasteiger partial charge in [0.15, 0.2) is 0 Å². The third kappa shape index (κ3) is 5.64. The maximum absolute atomic E-state index is 14.5. The van der Waals surface area contributed by atoms with E-state index in [1.165, 1.54) is 11.3 Å². The van der Waals surface area contributed by atoms with Crippen LogP contribution in [0.2, 0.25) is 0 Å². The number of fused-ring (bicyclic) bond motifs is 1. The van der Waals surface area contributed by atoms with Crippen molar-refractivity contribution in [2.45, 2.75) is 69.8 Å². The first-order valence-electron chi connectivity index (χ1n) is 10.6. The number of unbranched alkanes of at least 4 members (excludes halogenated alkanes) is 3. The van der Waals surface area contributed by atoms with E-state index in [1.54, 1.807) is 0 Å². The Hall–Kier alpha value is -1.86. The van der Waals surface area contributed by atoms with Crippen LogP contribution in [0.3, 0.4) is 0 Å². The SMILES string of the molecule is O=C(O)CCCCCC[C@H]1C(=O)CC(F)(F)[C@@H]1CC[C@@H](O)c1cc2ccccc2s1. The van der Waals surface area contributed by atoms with E-state index in [1.807, 2.05) is 30.3 Å². The van der Waals surface area contributed by atoms with Crippen LogP contribution in [0.5, 0.6) is 0 Å². The van der Waals surface area contributed by atoms with Crippen molar-refractivity contribution in [3.63, 3.8) is 0 Å². The minimum Gasteiger partial charge on any atom is -0.481 e. The number of ketones is 1. The van der Waals surface area contributed by atoms with Crippen LogP contribution in [-0.2, 0) is 9.59 Å². The molecule has 0 saturated heterocycles. The predicted molar refractivity (Wildman–Crippen MR) is 113 cm³/mol. The van der Waals surface area contributed by atoms with Gasteiger partial charge in [0.1, 0.15) is 5.78 Å². The highest BCUT2D eigenvalue weighted by Gasteiger charge is 2.54. The lowest BCUT2D eigenvalue weighted by molar-refractivity contribution is -0.137. The van der Waals surface area contributed by atoms with Gasteiger partial charge in [0.25, 0.3) is 5.92 Å². The number of aliphatic carboxylic acids is 1. The molecule has 1 aromatic carbocycles. The van der Waals surface area contributed by atoms with E-state index in [4.69, 9.17) is 5.11 Å². The number of aliphatic hydroxyl groups is 1. The summed E-state index contributed by atoms with van der Waals surface area (Å²) in [7, 11) is 0. The smallest absolute Gasteiger partial charge is 0.303 e. The zero-order chi connectivity index (χ0) is 21.7. The summed E-state index contributed by atoms with van der Waals surface area (Å²) >= 11 is 1.47. The Morgan fingerprint density at radius 2 is 1.90 bits per heavy atom. The summed E-state index contributed by atoms with van der Waals surface area (Å²) in [5.41, 5.74) is 0. The first-order chi connectivity index (χ1) is 14.3. The second-order valence-corrected chi connectivity index (χ2v) is 9.36. The van der Waals surface area contributed by atoms with E-state index in [0.717, 1.165) is 27.8 Å². The van der Waals surface area contributed by atoms with Crippen LogP contribution in [0.25, 0.3) is 10.1 Å². The van der Waals surface area contributed by atoms with Gasteiger partial charge < -0.3 is 10.2 Å². The lowest BCUT2D eigenvalue weighted by Gasteiger charge is -2.24. The predicted octanol–water partition coefficient (Wildman–Crippen LogP) is 5.98. The van der Waals surface area contributed by atoms with Gasteiger partial charge in [0, 0.05) is 27.8 Å². The summed E-state index contributed by atoms with van der Waals surface area (Å²) in [5.74, 6) is -5.95. The number of alkyl halides is 2. The molecule has 7 heteroatoms. The summed E-state index contributed by atoms with van der Waals surface area (Å²) in [6.07, 6.45) is 1.97. The average Bonchev–Trinajstić information content (AvgIpc) is 3.20. The van der Waals surface area contributed by atoms with E-state index in [-0.39, 0.29) is 25.0 Å². The zero-order valence-electron chi connectivity index (χ0n) is 16.9. The molecule has 4 nitrogen and oxygen atoms in total. The van der Waals surface area contributed by atoms with Crippen LogP contribution in [0, 0.1) is 11.8 Å². The molecule has 1 heterocycles. The van der Waals surface area contributed by atoms with Crippen LogP contribution >= 0.6 is 11.3 Å². The van der Waals surface area contributed by atoms with Gasteiger partial charge in [0.05, 0.1) is 12.5 Å². The van der Waals surface area contributed by atoms with Gasteiger partial charge in [-0.1, -0.05) is 37.5 Å². The quantitative estimate of drug-likeness (QED) is 0.423. The molecule has 0 amide bonds. The molecule has 0 bridgehead atoms. The van der Waals surface area contributed by atoms with E-state index in [0.29, 0.717) is 19.3 Å². The van der Waals surface area contributed by atoms with Crippen LogP contribution in [0.1, 0.15) is 68.8 Å². The normalized spacial score (nSPS) is 21.9. The molecule has 1 aliphatic carbocycles. The van der Waals surface area contributed by atoms with Gasteiger partial charge >= 0.3 is 5.97 Å². The van der Waals surface area contributed by atoms with Gasteiger partial charge in [0.2, 0.25) is 0 Å². The highest BCUT2D eigenvalue weighted by atomic mass is 32.1. The molecular weight excluding hydrogens is 410 g/mol. The number of carboxylic acid groups (broad SMARTS) is 1. The highest BCUT2D eigenvalue weighted by Crippen LogP contribution is 2.47. The number of thiophene rings is 1. The Bertz CT molecular complexity index is 846. The third-order valence-electron chi connectivity index (χ3n) is 6.03. The largest absolute Gasteiger partial charge is 0.481 e. The van der Waals surface area contributed by atoms with Crippen molar-refractivity contribution in [2.24, 2.45) is 11.8 Å². The van der Waals surface area contributed by atoms with Crippen LogP contribution in [0.15, 0.2) is 30.3 Å². The molecule has 1 aliphatic rings. The van der Waals surface area contributed by atoms with Crippen molar-refractivity contribution >= 4 is 33.2 Å². The molecule has 30 heavy (non-hydrogen) atoms. The number of carbonyl (C=O) groups is 2. The zero-order valence-corrected chi connectivity index (χ0v) is 17.7. The Labute approximate surface area is 178 Å².